The topological polar surface area (TPSA) is 36.5 Å². The van der Waals surface area contributed by atoms with E-state index in [9.17, 15) is 13.2 Å². The molecule has 1 aromatic rings. The summed E-state index contributed by atoms with van der Waals surface area (Å²) in [5.41, 5.74) is 6.30. The van der Waals surface area contributed by atoms with Crippen LogP contribution in [0.1, 0.15) is 0 Å². The normalized spacial score (nSPS) is 19.3. The number of rotatable bonds is 3. The van der Waals surface area contributed by atoms with Crippen molar-refractivity contribution < 1.29 is 18.0 Å². The van der Waals surface area contributed by atoms with Crippen molar-refractivity contribution in [2.75, 3.05) is 17.6 Å². The van der Waals surface area contributed by atoms with Gasteiger partial charge >= 0.3 is 6.18 Å². The number of benzene rings is 1. The molecule has 0 fully saturated rings. The molecular weight excluding hydrogens is 247 g/mol. The number of halogens is 3. The van der Waals surface area contributed by atoms with Crippen LogP contribution >= 0.6 is 0 Å². The van der Waals surface area contributed by atoms with Crippen molar-refractivity contribution in [3.05, 3.63) is 36.5 Å². The maximum Gasteiger partial charge on any atom is 0.409 e. The summed E-state index contributed by atoms with van der Waals surface area (Å²) in [5, 5.41) is 1.33. The van der Waals surface area contributed by atoms with Gasteiger partial charge in [-0.15, -0.1) is 0 Å². The molecule has 7 heteroatoms. The van der Waals surface area contributed by atoms with E-state index in [4.69, 9.17) is 4.84 Å². The molecule has 0 saturated heterocycles. The van der Waals surface area contributed by atoms with Gasteiger partial charge in [0, 0.05) is 6.20 Å². The molecule has 4 nitrogen and oxygen atoms in total. The molecule has 0 saturated carbocycles. The average molecular weight is 259 g/mol. The molecule has 2 rings (SSSR count). The predicted molar refractivity (Wildman–Crippen MR) is 61.7 cm³/mol. The first-order valence-electron chi connectivity index (χ1n) is 5.20. The standard InChI is InChI=1S/C11H12F3N3O/c1-18-16-8-2-4-9(5-3-8)17-7-6-10(15-17)11(12,13)14/h2-7,10,15-16H,1H3. The summed E-state index contributed by atoms with van der Waals surface area (Å²) in [6, 6.07) is 5.12. The number of hydrazine groups is 1. The summed E-state index contributed by atoms with van der Waals surface area (Å²) in [6.07, 6.45) is -1.86. The maximum absolute atomic E-state index is 12.4. The summed E-state index contributed by atoms with van der Waals surface area (Å²) in [6.45, 7) is 0. The van der Waals surface area contributed by atoms with Crippen molar-refractivity contribution in [2.45, 2.75) is 12.2 Å². The van der Waals surface area contributed by atoms with Crippen molar-refractivity contribution in [3.63, 3.8) is 0 Å². The van der Waals surface area contributed by atoms with Gasteiger partial charge in [0.2, 0.25) is 0 Å². The Bertz CT molecular complexity index is 430. The Morgan fingerprint density at radius 1 is 1.28 bits per heavy atom. The number of nitrogens with zero attached hydrogens (tertiary/aromatic N) is 1. The van der Waals surface area contributed by atoms with Gasteiger partial charge in [0.1, 0.15) is 6.04 Å². The lowest BCUT2D eigenvalue weighted by molar-refractivity contribution is -0.142. The van der Waals surface area contributed by atoms with Crippen LogP contribution in [-0.4, -0.2) is 19.3 Å². The zero-order chi connectivity index (χ0) is 13.2. The number of hydrogen-bond donors (Lipinski definition) is 2. The zero-order valence-corrected chi connectivity index (χ0v) is 9.53. The van der Waals surface area contributed by atoms with Crippen molar-refractivity contribution >= 4 is 11.4 Å². The molecule has 0 radical (unpaired) electrons. The summed E-state index contributed by atoms with van der Waals surface area (Å²) in [5.74, 6) is 0. The average Bonchev–Trinajstić information content (AvgIpc) is 2.79. The molecule has 0 spiro atoms. The Morgan fingerprint density at radius 2 is 1.94 bits per heavy atom. The Labute approximate surface area is 102 Å². The largest absolute Gasteiger partial charge is 0.409 e. The van der Waals surface area contributed by atoms with Crippen molar-refractivity contribution in [1.82, 2.24) is 5.43 Å². The summed E-state index contributed by atoms with van der Waals surface area (Å²) in [7, 11) is 1.48. The van der Waals surface area contributed by atoms with Gasteiger partial charge in [0.15, 0.2) is 0 Å². The number of hydrogen-bond acceptors (Lipinski definition) is 4. The van der Waals surface area contributed by atoms with E-state index in [1.165, 1.54) is 18.3 Å². The highest BCUT2D eigenvalue weighted by atomic mass is 19.4. The third-order valence-electron chi connectivity index (χ3n) is 2.42. The van der Waals surface area contributed by atoms with Crippen molar-refractivity contribution in [3.8, 4) is 0 Å². The highest BCUT2D eigenvalue weighted by molar-refractivity contribution is 5.56. The molecule has 0 aliphatic carbocycles. The van der Waals surface area contributed by atoms with Crippen LogP contribution in [0, 0.1) is 0 Å². The quantitative estimate of drug-likeness (QED) is 0.817. The van der Waals surface area contributed by atoms with E-state index >= 15 is 0 Å². The summed E-state index contributed by atoms with van der Waals surface area (Å²) in [4.78, 5) is 4.71. The summed E-state index contributed by atoms with van der Waals surface area (Å²) < 4.78 is 37.3. The van der Waals surface area contributed by atoms with Gasteiger partial charge in [-0.2, -0.15) is 13.2 Å². The van der Waals surface area contributed by atoms with Gasteiger partial charge in [0.05, 0.1) is 18.5 Å². The third kappa shape index (κ3) is 2.74. The van der Waals surface area contributed by atoms with E-state index in [1.807, 2.05) is 0 Å². The molecule has 0 amide bonds. The second kappa shape index (κ2) is 4.87. The second-order valence-electron chi connectivity index (χ2n) is 3.71. The minimum Gasteiger partial charge on any atom is -0.284 e. The fraction of sp³-hybridized carbons (Fsp3) is 0.273. The van der Waals surface area contributed by atoms with E-state index < -0.39 is 12.2 Å². The van der Waals surface area contributed by atoms with Gasteiger partial charge in [-0.05, 0) is 30.3 Å². The number of alkyl halides is 3. The third-order valence-corrected chi connectivity index (χ3v) is 2.42. The van der Waals surface area contributed by atoms with Crippen molar-refractivity contribution in [2.24, 2.45) is 0 Å². The lowest BCUT2D eigenvalue weighted by atomic mass is 10.3. The van der Waals surface area contributed by atoms with Gasteiger partial charge in [-0.3, -0.25) is 15.3 Å². The summed E-state index contributed by atoms with van der Waals surface area (Å²) >= 11 is 0. The first-order valence-corrected chi connectivity index (χ1v) is 5.20. The lowest BCUT2D eigenvalue weighted by Crippen LogP contribution is -2.43. The highest BCUT2D eigenvalue weighted by Gasteiger charge is 2.41. The molecule has 0 aromatic heterocycles. The molecule has 0 bridgehead atoms. The zero-order valence-electron chi connectivity index (χ0n) is 9.53. The molecule has 2 N–H and O–H groups in total. The lowest BCUT2D eigenvalue weighted by Gasteiger charge is -2.21. The number of anilines is 2. The van der Waals surface area contributed by atoms with Crippen LogP contribution in [0.4, 0.5) is 24.5 Å². The smallest absolute Gasteiger partial charge is 0.284 e. The van der Waals surface area contributed by atoms with Gasteiger partial charge in [0.25, 0.3) is 0 Å². The monoisotopic (exact) mass is 259 g/mol. The highest BCUT2D eigenvalue weighted by Crippen LogP contribution is 2.27. The molecule has 1 aliphatic heterocycles. The first-order chi connectivity index (χ1) is 8.50. The van der Waals surface area contributed by atoms with Crippen LogP contribution in [0.5, 0.6) is 0 Å². The van der Waals surface area contributed by atoms with Crippen LogP contribution < -0.4 is 15.9 Å². The van der Waals surface area contributed by atoms with Crippen LogP contribution in [0.2, 0.25) is 0 Å². The van der Waals surface area contributed by atoms with Gasteiger partial charge in [-0.1, -0.05) is 0 Å². The SMILES string of the molecule is CONc1ccc(N2C=CC(C(F)(F)F)N2)cc1. The predicted octanol–water partition coefficient (Wildman–Crippen LogP) is 2.43. The molecule has 98 valence electrons. The van der Waals surface area contributed by atoms with Crippen LogP contribution in [-0.2, 0) is 4.84 Å². The molecule has 18 heavy (non-hydrogen) atoms. The minimum absolute atomic E-state index is 0.611. The second-order valence-corrected chi connectivity index (χ2v) is 3.71. The van der Waals surface area contributed by atoms with E-state index in [-0.39, 0.29) is 0 Å². The Balaban J connectivity index is 2.04. The van der Waals surface area contributed by atoms with Crippen LogP contribution in [0.15, 0.2) is 36.5 Å². The fourth-order valence-corrected chi connectivity index (χ4v) is 1.56. The number of nitrogens with one attached hydrogen (secondary N) is 2. The van der Waals surface area contributed by atoms with E-state index in [1.54, 1.807) is 24.3 Å². The minimum atomic E-state index is -4.29. The van der Waals surface area contributed by atoms with E-state index in [0.717, 1.165) is 11.8 Å². The van der Waals surface area contributed by atoms with Gasteiger partial charge in [-0.25, -0.2) is 5.43 Å². The molecule has 1 unspecified atom stereocenters. The maximum atomic E-state index is 12.4. The van der Waals surface area contributed by atoms with Crippen molar-refractivity contribution in [1.29, 1.82) is 0 Å². The van der Waals surface area contributed by atoms with E-state index in [0.29, 0.717) is 5.69 Å². The Morgan fingerprint density at radius 3 is 2.44 bits per heavy atom. The Kier molecular flexibility index (Phi) is 3.44. The molecule has 1 heterocycles. The molecule has 1 aromatic carbocycles. The first kappa shape index (κ1) is 12.7. The fourth-order valence-electron chi connectivity index (χ4n) is 1.56. The molecule has 1 aliphatic rings. The van der Waals surface area contributed by atoms with E-state index in [2.05, 4.69) is 10.9 Å². The Hall–Kier alpha value is -1.73. The molecular formula is C11H12F3N3O. The van der Waals surface area contributed by atoms with Crippen LogP contribution in [0.3, 0.4) is 0 Å². The molecule has 1 atom stereocenters. The van der Waals surface area contributed by atoms with Gasteiger partial charge < -0.3 is 0 Å². The van der Waals surface area contributed by atoms with Crippen LogP contribution in [0.25, 0.3) is 0 Å².